The van der Waals surface area contributed by atoms with Crippen molar-refractivity contribution >= 4 is 5.82 Å². The van der Waals surface area contributed by atoms with Crippen molar-refractivity contribution in [3.8, 4) is 11.5 Å². The maximum absolute atomic E-state index is 5.28. The third kappa shape index (κ3) is 3.16. The zero-order valence-corrected chi connectivity index (χ0v) is 11.4. The SMILES string of the molecule is COc1ccc(CNc2ncccc2C)cc1OC. The van der Waals surface area contributed by atoms with Gasteiger partial charge >= 0.3 is 0 Å². The lowest BCUT2D eigenvalue weighted by atomic mass is 10.2. The van der Waals surface area contributed by atoms with Gasteiger partial charge in [0, 0.05) is 12.7 Å². The van der Waals surface area contributed by atoms with Crippen LogP contribution in [0, 0.1) is 6.92 Å². The molecule has 4 heteroatoms. The summed E-state index contributed by atoms with van der Waals surface area (Å²) in [5, 5.41) is 3.31. The number of pyridine rings is 1. The summed E-state index contributed by atoms with van der Waals surface area (Å²) in [5.74, 6) is 2.37. The lowest BCUT2D eigenvalue weighted by Crippen LogP contribution is -2.03. The summed E-state index contributed by atoms with van der Waals surface area (Å²) < 4.78 is 10.5. The molecule has 0 unspecified atom stereocenters. The van der Waals surface area contributed by atoms with Gasteiger partial charge in [-0.1, -0.05) is 12.1 Å². The molecule has 1 aromatic heterocycles. The Labute approximate surface area is 113 Å². The van der Waals surface area contributed by atoms with Crippen molar-refractivity contribution in [1.29, 1.82) is 0 Å². The first kappa shape index (κ1) is 13.2. The molecule has 100 valence electrons. The molecule has 0 saturated carbocycles. The van der Waals surface area contributed by atoms with Gasteiger partial charge in [0.1, 0.15) is 5.82 Å². The highest BCUT2D eigenvalue weighted by Gasteiger charge is 2.05. The predicted octanol–water partition coefficient (Wildman–Crippen LogP) is 3.02. The number of aryl methyl sites for hydroxylation is 1. The van der Waals surface area contributed by atoms with E-state index in [0.29, 0.717) is 6.54 Å². The van der Waals surface area contributed by atoms with Gasteiger partial charge in [0.15, 0.2) is 11.5 Å². The first-order valence-corrected chi connectivity index (χ1v) is 6.11. The van der Waals surface area contributed by atoms with Crippen LogP contribution in [0.1, 0.15) is 11.1 Å². The minimum absolute atomic E-state index is 0.693. The number of nitrogens with one attached hydrogen (secondary N) is 1. The average Bonchev–Trinajstić information content (AvgIpc) is 2.46. The van der Waals surface area contributed by atoms with Crippen LogP contribution in [-0.2, 0) is 6.54 Å². The summed E-state index contributed by atoms with van der Waals surface area (Å²) in [5.41, 5.74) is 2.24. The minimum Gasteiger partial charge on any atom is -0.493 e. The largest absolute Gasteiger partial charge is 0.493 e. The summed E-state index contributed by atoms with van der Waals surface area (Å²) in [6, 6.07) is 9.83. The highest BCUT2D eigenvalue weighted by Crippen LogP contribution is 2.27. The van der Waals surface area contributed by atoms with E-state index in [1.807, 2.05) is 37.3 Å². The van der Waals surface area contributed by atoms with Crippen molar-refractivity contribution in [2.75, 3.05) is 19.5 Å². The third-order valence-electron chi connectivity index (χ3n) is 2.92. The number of aromatic nitrogens is 1. The number of benzene rings is 1. The molecule has 0 bridgehead atoms. The average molecular weight is 258 g/mol. The lowest BCUT2D eigenvalue weighted by molar-refractivity contribution is 0.354. The van der Waals surface area contributed by atoms with Crippen LogP contribution in [-0.4, -0.2) is 19.2 Å². The number of rotatable bonds is 5. The summed E-state index contributed by atoms with van der Waals surface area (Å²) in [4.78, 5) is 4.30. The quantitative estimate of drug-likeness (QED) is 0.895. The van der Waals surface area contributed by atoms with Gasteiger partial charge in [-0.25, -0.2) is 4.98 Å². The molecule has 1 N–H and O–H groups in total. The van der Waals surface area contributed by atoms with E-state index in [2.05, 4.69) is 10.3 Å². The zero-order valence-electron chi connectivity index (χ0n) is 11.4. The first-order chi connectivity index (χ1) is 9.24. The van der Waals surface area contributed by atoms with E-state index in [-0.39, 0.29) is 0 Å². The topological polar surface area (TPSA) is 43.4 Å². The van der Waals surface area contributed by atoms with Gasteiger partial charge in [0.05, 0.1) is 14.2 Å². The molecule has 0 amide bonds. The molecule has 4 nitrogen and oxygen atoms in total. The fourth-order valence-electron chi connectivity index (χ4n) is 1.85. The molecular weight excluding hydrogens is 240 g/mol. The van der Waals surface area contributed by atoms with Crippen LogP contribution < -0.4 is 14.8 Å². The second-order valence-corrected chi connectivity index (χ2v) is 4.21. The molecule has 1 aromatic carbocycles. The Morgan fingerprint density at radius 3 is 2.58 bits per heavy atom. The number of hydrogen-bond acceptors (Lipinski definition) is 4. The minimum atomic E-state index is 0.693. The molecule has 2 aromatic rings. The van der Waals surface area contributed by atoms with E-state index in [1.54, 1.807) is 20.4 Å². The molecule has 0 aliphatic rings. The number of hydrogen-bond donors (Lipinski definition) is 1. The molecule has 19 heavy (non-hydrogen) atoms. The summed E-state index contributed by atoms with van der Waals surface area (Å²) in [6.07, 6.45) is 1.78. The standard InChI is InChI=1S/C15H18N2O2/c1-11-5-4-8-16-15(11)17-10-12-6-7-13(18-2)14(9-12)19-3/h4-9H,10H2,1-3H3,(H,16,17). The van der Waals surface area contributed by atoms with Crippen LogP contribution in [0.3, 0.4) is 0 Å². The fourth-order valence-corrected chi connectivity index (χ4v) is 1.85. The second kappa shape index (κ2) is 6.09. The second-order valence-electron chi connectivity index (χ2n) is 4.21. The van der Waals surface area contributed by atoms with Crippen LogP contribution in [0.2, 0.25) is 0 Å². The number of ether oxygens (including phenoxy) is 2. The Kier molecular flexibility index (Phi) is 4.23. The van der Waals surface area contributed by atoms with E-state index in [4.69, 9.17) is 9.47 Å². The van der Waals surface area contributed by atoms with E-state index < -0.39 is 0 Å². The molecule has 0 aliphatic carbocycles. The molecule has 0 aliphatic heterocycles. The van der Waals surface area contributed by atoms with Crippen molar-refractivity contribution < 1.29 is 9.47 Å². The molecule has 0 fully saturated rings. The van der Waals surface area contributed by atoms with Crippen LogP contribution >= 0.6 is 0 Å². The highest BCUT2D eigenvalue weighted by atomic mass is 16.5. The van der Waals surface area contributed by atoms with Crippen molar-refractivity contribution in [1.82, 2.24) is 4.98 Å². The van der Waals surface area contributed by atoms with E-state index in [0.717, 1.165) is 28.4 Å². The predicted molar refractivity (Wildman–Crippen MR) is 75.8 cm³/mol. The van der Waals surface area contributed by atoms with Gasteiger partial charge in [-0.15, -0.1) is 0 Å². The highest BCUT2D eigenvalue weighted by molar-refractivity contribution is 5.46. The molecule has 1 heterocycles. The zero-order chi connectivity index (χ0) is 13.7. The van der Waals surface area contributed by atoms with Crippen LogP contribution in [0.4, 0.5) is 5.82 Å². The summed E-state index contributed by atoms with van der Waals surface area (Å²) >= 11 is 0. The summed E-state index contributed by atoms with van der Waals surface area (Å²) in [7, 11) is 3.27. The molecule has 2 rings (SSSR count). The molecule has 0 spiro atoms. The maximum atomic E-state index is 5.28. The monoisotopic (exact) mass is 258 g/mol. The molecular formula is C15H18N2O2. The van der Waals surface area contributed by atoms with Gasteiger partial charge in [0.2, 0.25) is 0 Å². The van der Waals surface area contributed by atoms with Crippen molar-refractivity contribution in [3.05, 3.63) is 47.7 Å². The Hall–Kier alpha value is -2.23. The fraction of sp³-hybridized carbons (Fsp3) is 0.267. The normalized spacial score (nSPS) is 10.1. The van der Waals surface area contributed by atoms with Crippen molar-refractivity contribution in [2.24, 2.45) is 0 Å². The molecule has 0 saturated heterocycles. The lowest BCUT2D eigenvalue weighted by Gasteiger charge is -2.11. The Morgan fingerprint density at radius 1 is 1.11 bits per heavy atom. The number of nitrogens with zero attached hydrogens (tertiary/aromatic N) is 1. The van der Waals surface area contributed by atoms with Gasteiger partial charge in [-0.05, 0) is 36.2 Å². The van der Waals surface area contributed by atoms with Gasteiger partial charge in [0.25, 0.3) is 0 Å². The number of anilines is 1. The first-order valence-electron chi connectivity index (χ1n) is 6.11. The Balaban J connectivity index is 2.10. The smallest absolute Gasteiger partial charge is 0.161 e. The van der Waals surface area contributed by atoms with Gasteiger partial charge < -0.3 is 14.8 Å². The maximum Gasteiger partial charge on any atom is 0.161 e. The van der Waals surface area contributed by atoms with Crippen molar-refractivity contribution in [3.63, 3.8) is 0 Å². The van der Waals surface area contributed by atoms with Crippen LogP contribution in [0.15, 0.2) is 36.5 Å². The number of methoxy groups -OCH3 is 2. The van der Waals surface area contributed by atoms with Gasteiger partial charge in [-0.2, -0.15) is 0 Å². The molecule has 0 radical (unpaired) electrons. The third-order valence-corrected chi connectivity index (χ3v) is 2.92. The van der Waals surface area contributed by atoms with Crippen LogP contribution in [0.25, 0.3) is 0 Å². The van der Waals surface area contributed by atoms with Crippen LogP contribution in [0.5, 0.6) is 11.5 Å². The van der Waals surface area contributed by atoms with E-state index in [1.165, 1.54) is 0 Å². The van der Waals surface area contributed by atoms with Crippen molar-refractivity contribution in [2.45, 2.75) is 13.5 Å². The van der Waals surface area contributed by atoms with Gasteiger partial charge in [-0.3, -0.25) is 0 Å². The molecule has 0 atom stereocenters. The summed E-state index contributed by atoms with van der Waals surface area (Å²) in [6.45, 7) is 2.72. The van der Waals surface area contributed by atoms with E-state index in [9.17, 15) is 0 Å². The Bertz CT molecular complexity index is 556. The van der Waals surface area contributed by atoms with E-state index >= 15 is 0 Å². The Morgan fingerprint density at radius 2 is 1.89 bits per heavy atom.